The zero-order valence-corrected chi connectivity index (χ0v) is 12.5. The van der Waals surface area contributed by atoms with Gasteiger partial charge in [0.15, 0.2) is 5.82 Å². The Morgan fingerprint density at radius 3 is 2.84 bits per heavy atom. The van der Waals surface area contributed by atoms with Crippen LogP contribution in [0.15, 0.2) is 28.7 Å². The van der Waals surface area contributed by atoms with Crippen LogP contribution in [-0.4, -0.2) is 15.2 Å². The molecule has 1 saturated carbocycles. The number of hydrogen-bond donors (Lipinski definition) is 1. The SMILES string of the molecule is Brc1cccc(Cc2nc(C3CCCCC3)n[nH]2)c1. The number of nitrogens with zero attached hydrogens (tertiary/aromatic N) is 2. The molecule has 0 atom stereocenters. The number of halogens is 1. The van der Waals surface area contributed by atoms with Gasteiger partial charge in [-0.05, 0) is 30.5 Å². The van der Waals surface area contributed by atoms with Gasteiger partial charge in [0.05, 0.1) is 0 Å². The van der Waals surface area contributed by atoms with Crippen LogP contribution in [-0.2, 0) is 6.42 Å². The third-order valence-corrected chi connectivity index (χ3v) is 4.27. The molecule has 4 heteroatoms. The number of aromatic amines is 1. The van der Waals surface area contributed by atoms with Crippen LogP contribution in [0.5, 0.6) is 0 Å². The van der Waals surface area contributed by atoms with Gasteiger partial charge in [0.25, 0.3) is 0 Å². The van der Waals surface area contributed by atoms with Gasteiger partial charge in [-0.3, -0.25) is 5.10 Å². The maximum Gasteiger partial charge on any atom is 0.153 e. The molecule has 1 aromatic heterocycles. The van der Waals surface area contributed by atoms with Crippen LogP contribution in [0.1, 0.15) is 55.2 Å². The third-order valence-electron chi connectivity index (χ3n) is 3.78. The summed E-state index contributed by atoms with van der Waals surface area (Å²) in [6.45, 7) is 0. The fraction of sp³-hybridized carbons (Fsp3) is 0.467. The van der Waals surface area contributed by atoms with Gasteiger partial charge >= 0.3 is 0 Å². The first-order chi connectivity index (χ1) is 9.31. The summed E-state index contributed by atoms with van der Waals surface area (Å²) in [6, 6.07) is 8.34. The first kappa shape index (κ1) is 12.9. The minimum Gasteiger partial charge on any atom is -0.263 e. The Labute approximate surface area is 122 Å². The lowest BCUT2D eigenvalue weighted by Crippen LogP contribution is -2.06. The number of hydrogen-bond acceptors (Lipinski definition) is 2. The van der Waals surface area contributed by atoms with Crippen LogP contribution >= 0.6 is 15.9 Å². The summed E-state index contributed by atoms with van der Waals surface area (Å²) in [7, 11) is 0. The molecular weight excluding hydrogens is 302 g/mol. The minimum absolute atomic E-state index is 0.571. The number of nitrogens with one attached hydrogen (secondary N) is 1. The molecule has 1 N–H and O–H groups in total. The van der Waals surface area contributed by atoms with Gasteiger partial charge in [-0.25, -0.2) is 4.98 Å². The summed E-state index contributed by atoms with van der Waals surface area (Å²) in [5.41, 5.74) is 1.25. The molecule has 0 bridgehead atoms. The molecule has 1 fully saturated rings. The van der Waals surface area contributed by atoms with Crippen LogP contribution in [0.2, 0.25) is 0 Å². The molecule has 1 aromatic carbocycles. The summed E-state index contributed by atoms with van der Waals surface area (Å²) < 4.78 is 1.11. The van der Waals surface area contributed by atoms with Gasteiger partial charge in [-0.1, -0.05) is 47.3 Å². The molecule has 0 unspecified atom stereocenters. The van der Waals surface area contributed by atoms with Crippen molar-refractivity contribution in [1.29, 1.82) is 0 Å². The average molecular weight is 320 g/mol. The van der Waals surface area contributed by atoms with Gasteiger partial charge in [-0.2, -0.15) is 5.10 Å². The fourth-order valence-electron chi connectivity index (χ4n) is 2.77. The lowest BCUT2D eigenvalue weighted by atomic mass is 9.89. The maximum atomic E-state index is 4.68. The number of benzene rings is 1. The van der Waals surface area contributed by atoms with Crippen molar-refractivity contribution in [2.24, 2.45) is 0 Å². The normalized spacial score (nSPS) is 16.7. The number of aromatic nitrogens is 3. The fourth-order valence-corrected chi connectivity index (χ4v) is 3.22. The van der Waals surface area contributed by atoms with E-state index in [0.717, 1.165) is 22.5 Å². The van der Waals surface area contributed by atoms with E-state index in [9.17, 15) is 0 Å². The highest BCUT2D eigenvalue weighted by Gasteiger charge is 2.19. The van der Waals surface area contributed by atoms with Crippen molar-refractivity contribution >= 4 is 15.9 Å². The highest BCUT2D eigenvalue weighted by Crippen LogP contribution is 2.30. The van der Waals surface area contributed by atoms with Crippen molar-refractivity contribution in [1.82, 2.24) is 15.2 Å². The smallest absolute Gasteiger partial charge is 0.153 e. The van der Waals surface area contributed by atoms with E-state index in [2.05, 4.69) is 49.3 Å². The van der Waals surface area contributed by atoms with Crippen LogP contribution in [0.25, 0.3) is 0 Å². The van der Waals surface area contributed by atoms with Crippen molar-refractivity contribution in [2.75, 3.05) is 0 Å². The van der Waals surface area contributed by atoms with Crippen molar-refractivity contribution in [3.63, 3.8) is 0 Å². The molecule has 0 aliphatic heterocycles. The number of rotatable bonds is 3. The summed E-state index contributed by atoms with van der Waals surface area (Å²) in [6.07, 6.45) is 7.31. The van der Waals surface area contributed by atoms with Crippen LogP contribution in [0.3, 0.4) is 0 Å². The van der Waals surface area contributed by atoms with E-state index in [1.807, 2.05) is 6.07 Å². The number of H-pyrrole nitrogens is 1. The molecule has 0 saturated heterocycles. The third kappa shape index (κ3) is 3.24. The lowest BCUT2D eigenvalue weighted by Gasteiger charge is -2.18. The largest absolute Gasteiger partial charge is 0.263 e. The summed E-state index contributed by atoms with van der Waals surface area (Å²) >= 11 is 3.50. The molecule has 0 spiro atoms. The molecule has 3 rings (SSSR count). The quantitative estimate of drug-likeness (QED) is 0.920. The van der Waals surface area contributed by atoms with E-state index in [4.69, 9.17) is 0 Å². The summed E-state index contributed by atoms with van der Waals surface area (Å²) in [4.78, 5) is 4.68. The van der Waals surface area contributed by atoms with E-state index in [-0.39, 0.29) is 0 Å². The first-order valence-corrected chi connectivity index (χ1v) is 7.76. The monoisotopic (exact) mass is 319 g/mol. The van der Waals surface area contributed by atoms with Crippen molar-refractivity contribution < 1.29 is 0 Å². The first-order valence-electron chi connectivity index (χ1n) is 6.97. The van der Waals surface area contributed by atoms with Crippen molar-refractivity contribution in [2.45, 2.75) is 44.4 Å². The second-order valence-corrected chi connectivity index (χ2v) is 6.20. The lowest BCUT2D eigenvalue weighted by molar-refractivity contribution is 0.429. The van der Waals surface area contributed by atoms with E-state index in [1.165, 1.54) is 37.7 Å². The standard InChI is InChI=1S/C15H18BrN3/c16-13-8-4-5-11(9-13)10-14-17-15(19-18-14)12-6-2-1-3-7-12/h4-5,8-9,12H,1-3,6-7,10H2,(H,17,18,19). The van der Waals surface area contributed by atoms with Gasteiger partial charge in [0, 0.05) is 16.8 Å². The molecule has 19 heavy (non-hydrogen) atoms. The zero-order chi connectivity index (χ0) is 13.1. The maximum absolute atomic E-state index is 4.68. The van der Waals surface area contributed by atoms with Gasteiger partial charge in [-0.15, -0.1) is 0 Å². The van der Waals surface area contributed by atoms with Crippen molar-refractivity contribution in [3.8, 4) is 0 Å². The Bertz CT molecular complexity index is 544. The Morgan fingerprint density at radius 1 is 1.21 bits per heavy atom. The predicted octanol–water partition coefficient (Wildman–Crippen LogP) is 4.21. The second kappa shape index (κ2) is 5.87. The summed E-state index contributed by atoms with van der Waals surface area (Å²) in [5.74, 6) is 2.56. The predicted molar refractivity (Wildman–Crippen MR) is 79.2 cm³/mol. The second-order valence-electron chi connectivity index (χ2n) is 5.28. The Hall–Kier alpha value is -1.16. The van der Waals surface area contributed by atoms with E-state index in [0.29, 0.717) is 5.92 Å². The average Bonchev–Trinajstić information content (AvgIpc) is 2.88. The minimum atomic E-state index is 0.571. The molecule has 0 amide bonds. The molecule has 1 aliphatic rings. The Balaban J connectivity index is 1.70. The Kier molecular flexibility index (Phi) is 3.97. The van der Waals surface area contributed by atoms with Gasteiger partial charge in [0.2, 0.25) is 0 Å². The highest BCUT2D eigenvalue weighted by molar-refractivity contribution is 9.10. The van der Waals surface area contributed by atoms with Gasteiger partial charge in [0.1, 0.15) is 5.82 Å². The molecule has 2 aromatic rings. The van der Waals surface area contributed by atoms with Gasteiger partial charge < -0.3 is 0 Å². The van der Waals surface area contributed by atoms with E-state index in [1.54, 1.807) is 0 Å². The van der Waals surface area contributed by atoms with E-state index < -0.39 is 0 Å². The van der Waals surface area contributed by atoms with Crippen LogP contribution in [0.4, 0.5) is 0 Å². The molecule has 1 heterocycles. The Morgan fingerprint density at radius 2 is 2.05 bits per heavy atom. The highest BCUT2D eigenvalue weighted by atomic mass is 79.9. The zero-order valence-electron chi connectivity index (χ0n) is 10.9. The topological polar surface area (TPSA) is 41.6 Å². The molecule has 100 valence electrons. The molecule has 1 aliphatic carbocycles. The van der Waals surface area contributed by atoms with Crippen molar-refractivity contribution in [3.05, 3.63) is 46.0 Å². The molecule has 3 nitrogen and oxygen atoms in total. The summed E-state index contributed by atoms with van der Waals surface area (Å²) in [5, 5.41) is 7.51. The molecular formula is C15H18BrN3. The van der Waals surface area contributed by atoms with E-state index >= 15 is 0 Å². The molecule has 0 radical (unpaired) electrons. The van der Waals surface area contributed by atoms with Crippen LogP contribution < -0.4 is 0 Å². The van der Waals surface area contributed by atoms with Crippen LogP contribution in [0, 0.1) is 0 Å².